The average molecular weight is 478 g/mol. The van der Waals surface area contributed by atoms with E-state index in [4.69, 9.17) is 4.74 Å². The van der Waals surface area contributed by atoms with Crippen LogP contribution in [0.25, 0.3) is 0 Å². The lowest BCUT2D eigenvalue weighted by atomic mass is 10.0. The molecule has 0 aromatic heterocycles. The summed E-state index contributed by atoms with van der Waals surface area (Å²) in [6.07, 6.45) is 0. The summed E-state index contributed by atoms with van der Waals surface area (Å²) in [5.74, 6) is 0.902. The van der Waals surface area contributed by atoms with E-state index in [1.165, 1.54) is 5.56 Å². The van der Waals surface area contributed by atoms with E-state index in [-0.39, 0.29) is 6.04 Å². The van der Waals surface area contributed by atoms with E-state index in [9.17, 15) is 0 Å². The number of benzene rings is 2. The summed E-state index contributed by atoms with van der Waals surface area (Å²) in [5.41, 5.74) is 3.34. The average Bonchev–Trinajstić information content (AvgIpc) is 2.42. The van der Waals surface area contributed by atoms with Gasteiger partial charge in [0.1, 0.15) is 5.75 Å². The van der Waals surface area contributed by atoms with Gasteiger partial charge in [0.2, 0.25) is 0 Å². The molecule has 0 saturated heterocycles. The molecule has 0 saturated carbocycles. The fraction of sp³-hybridized carbons (Fsp3) is 0.250. The third-order valence-corrected chi connectivity index (χ3v) is 4.93. The van der Waals surface area contributed by atoms with Crippen LogP contribution in [0.4, 0.5) is 5.69 Å². The molecule has 0 heterocycles. The number of aryl methyl sites for hydroxylation is 1. The van der Waals surface area contributed by atoms with Gasteiger partial charge in [-0.25, -0.2) is 0 Å². The first-order valence-corrected chi connectivity index (χ1v) is 8.86. The lowest BCUT2D eigenvalue weighted by Gasteiger charge is -2.21. The minimum absolute atomic E-state index is 0.120. The molecule has 0 bridgehead atoms. The second-order valence-corrected chi connectivity index (χ2v) is 7.48. The van der Waals surface area contributed by atoms with E-state index in [0.29, 0.717) is 0 Å². The number of nitrogens with one attached hydrogen (secondary N) is 1. The molecular formula is C16H16Br3NO. The molecule has 1 unspecified atom stereocenters. The highest BCUT2D eigenvalue weighted by Gasteiger charge is 2.15. The summed E-state index contributed by atoms with van der Waals surface area (Å²) >= 11 is 10.7. The maximum atomic E-state index is 5.49. The van der Waals surface area contributed by atoms with Crippen molar-refractivity contribution in [2.24, 2.45) is 0 Å². The highest BCUT2D eigenvalue weighted by Crippen LogP contribution is 2.37. The summed E-state index contributed by atoms with van der Waals surface area (Å²) in [6, 6.07) is 10.4. The molecule has 0 aliphatic rings. The van der Waals surface area contributed by atoms with Crippen LogP contribution < -0.4 is 10.1 Å². The summed E-state index contributed by atoms with van der Waals surface area (Å²) in [7, 11) is 1.70. The molecule has 0 spiro atoms. The number of rotatable bonds is 4. The van der Waals surface area contributed by atoms with E-state index >= 15 is 0 Å². The molecule has 5 heteroatoms. The van der Waals surface area contributed by atoms with Gasteiger partial charge in [0, 0.05) is 19.0 Å². The normalized spacial score (nSPS) is 12.1. The Morgan fingerprint density at radius 1 is 1.05 bits per heavy atom. The highest BCUT2D eigenvalue weighted by atomic mass is 79.9. The van der Waals surface area contributed by atoms with Gasteiger partial charge in [0.05, 0.1) is 18.8 Å². The van der Waals surface area contributed by atoms with Crippen molar-refractivity contribution in [1.82, 2.24) is 0 Å². The number of methoxy groups -OCH3 is 1. The third kappa shape index (κ3) is 4.02. The third-order valence-electron chi connectivity index (χ3n) is 3.22. The number of halogens is 3. The topological polar surface area (TPSA) is 21.3 Å². The molecule has 21 heavy (non-hydrogen) atoms. The van der Waals surface area contributed by atoms with Crippen LogP contribution in [-0.2, 0) is 0 Å². The molecule has 0 radical (unpaired) electrons. The van der Waals surface area contributed by atoms with Gasteiger partial charge in [0.15, 0.2) is 0 Å². The Morgan fingerprint density at radius 3 is 2.24 bits per heavy atom. The minimum Gasteiger partial charge on any atom is -0.496 e. The Labute approximate surface area is 150 Å². The molecule has 2 rings (SSSR count). The van der Waals surface area contributed by atoms with E-state index in [2.05, 4.69) is 85.2 Å². The fourth-order valence-electron chi connectivity index (χ4n) is 2.15. The molecule has 1 N–H and O–H groups in total. The van der Waals surface area contributed by atoms with Crippen molar-refractivity contribution in [2.75, 3.05) is 12.4 Å². The monoisotopic (exact) mass is 475 g/mol. The van der Waals surface area contributed by atoms with E-state index < -0.39 is 0 Å². The lowest BCUT2D eigenvalue weighted by Crippen LogP contribution is -2.09. The molecule has 112 valence electrons. The van der Waals surface area contributed by atoms with Crippen molar-refractivity contribution >= 4 is 53.5 Å². The Bertz CT molecular complexity index is 635. The summed E-state index contributed by atoms with van der Waals surface area (Å²) < 4.78 is 8.52. The predicted octanol–water partition coefficient (Wildman–Crippen LogP) is 6.46. The molecule has 0 aliphatic carbocycles. The Balaban J connectivity index is 2.32. The zero-order valence-corrected chi connectivity index (χ0v) is 16.8. The van der Waals surface area contributed by atoms with Crippen molar-refractivity contribution < 1.29 is 4.74 Å². The van der Waals surface area contributed by atoms with Gasteiger partial charge in [-0.15, -0.1) is 0 Å². The van der Waals surface area contributed by atoms with Crippen molar-refractivity contribution in [3.63, 3.8) is 0 Å². The van der Waals surface area contributed by atoms with Crippen molar-refractivity contribution in [3.8, 4) is 5.75 Å². The van der Waals surface area contributed by atoms with Crippen LogP contribution >= 0.6 is 47.8 Å². The molecule has 0 amide bonds. The van der Waals surface area contributed by atoms with Crippen LogP contribution in [0.15, 0.2) is 43.7 Å². The van der Waals surface area contributed by atoms with Crippen molar-refractivity contribution in [2.45, 2.75) is 19.9 Å². The van der Waals surface area contributed by atoms with Gasteiger partial charge in [-0.2, -0.15) is 0 Å². The Kier molecular flexibility index (Phi) is 5.74. The van der Waals surface area contributed by atoms with Crippen molar-refractivity contribution in [3.05, 3.63) is 54.9 Å². The van der Waals surface area contributed by atoms with Gasteiger partial charge in [-0.1, -0.05) is 28.1 Å². The van der Waals surface area contributed by atoms with Crippen molar-refractivity contribution in [1.29, 1.82) is 0 Å². The minimum atomic E-state index is 0.120. The first-order valence-electron chi connectivity index (χ1n) is 6.48. The molecule has 1 atom stereocenters. The molecule has 2 aromatic rings. The molecular weight excluding hydrogens is 462 g/mol. The number of hydrogen-bond acceptors (Lipinski definition) is 2. The van der Waals surface area contributed by atoms with Crippen LogP contribution in [-0.4, -0.2) is 7.11 Å². The summed E-state index contributed by atoms with van der Waals surface area (Å²) in [6.45, 7) is 4.18. The van der Waals surface area contributed by atoms with Crippen LogP contribution in [0.2, 0.25) is 0 Å². The molecule has 0 aliphatic heterocycles. The maximum Gasteiger partial charge on any atom is 0.124 e. The SMILES string of the molecule is COc1cc(C)ccc1C(C)Nc1c(Br)cc(Br)cc1Br. The maximum absolute atomic E-state index is 5.49. The first-order chi connectivity index (χ1) is 9.92. The van der Waals surface area contributed by atoms with E-state index in [0.717, 1.165) is 30.4 Å². The van der Waals surface area contributed by atoms with Crippen LogP contribution in [0.1, 0.15) is 24.1 Å². The van der Waals surface area contributed by atoms with Crippen LogP contribution in [0, 0.1) is 6.92 Å². The van der Waals surface area contributed by atoms with Gasteiger partial charge in [0.25, 0.3) is 0 Å². The summed E-state index contributed by atoms with van der Waals surface area (Å²) in [5, 5.41) is 3.52. The summed E-state index contributed by atoms with van der Waals surface area (Å²) in [4.78, 5) is 0. The smallest absolute Gasteiger partial charge is 0.124 e. The van der Waals surface area contributed by atoms with Gasteiger partial charge >= 0.3 is 0 Å². The number of ether oxygens (including phenoxy) is 1. The molecule has 2 aromatic carbocycles. The first kappa shape index (κ1) is 16.8. The van der Waals surface area contributed by atoms with Gasteiger partial charge in [-0.05, 0) is 69.5 Å². The predicted molar refractivity (Wildman–Crippen MR) is 99.3 cm³/mol. The lowest BCUT2D eigenvalue weighted by molar-refractivity contribution is 0.407. The zero-order valence-electron chi connectivity index (χ0n) is 12.0. The highest BCUT2D eigenvalue weighted by molar-refractivity contribution is 9.11. The Morgan fingerprint density at radius 2 is 1.67 bits per heavy atom. The fourth-order valence-corrected chi connectivity index (χ4v) is 4.64. The van der Waals surface area contributed by atoms with Gasteiger partial charge in [-0.3, -0.25) is 0 Å². The number of hydrogen-bond donors (Lipinski definition) is 1. The standard InChI is InChI=1S/C16H16Br3NO/c1-9-4-5-12(15(6-9)21-3)10(2)20-16-13(18)7-11(17)8-14(16)19/h4-8,10,20H,1-3H3. The van der Waals surface area contributed by atoms with Crippen LogP contribution in [0.5, 0.6) is 5.75 Å². The quantitative estimate of drug-likeness (QED) is 0.545. The zero-order chi connectivity index (χ0) is 15.6. The number of anilines is 1. The molecule has 2 nitrogen and oxygen atoms in total. The largest absolute Gasteiger partial charge is 0.496 e. The second kappa shape index (κ2) is 7.16. The molecule has 0 fully saturated rings. The second-order valence-electron chi connectivity index (χ2n) is 4.86. The van der Waals surface area contributed by atoms with E-state index in [1.54, 1.807) is 7.11 Å². The van der Waals surface area contributed by atoms with Crippen LogP contribution in [0.3, 0.4) is 0 Å². The Hall–Kier alpha value is -0.520. The van der Waals surface area contributed by atoms with Gasteiger partial charge < -0.3 is 10.1 Å². The van der Waals surface area contributed by atoms with E-state index in [1.807, 2.05) is 12.1 Å².